The number of hydrogen-bond donors (Lipinski definition) is 2. The summed E-state index contributed by atoms with van der Waals surface area (Å²) in [6.07, 6.45) is 3.97. The Bertz CT molecular complexity index is 551. The number of benzene rings is 1. The van der Waals surface area contributed by atoms with Gasteiger partial charge in [0, 0.05) is 24.3 Å². The van der Waals surface area contributed by atoms with E-state index in [-0.39, 0.29) is 12.5 Å². The van der Waals surface area contributed by atoms with Crippen LogP contribution in [0, 0.1) is 0 Å². The molecule has 2 N–H and O–H groups in total. The second kappa shape index (κ2) is 8.24. The van der Waals surface area contributed by atoms with Crippen LogP contribution in [0.5, 0.6) is 0 Å². The standard InChI is InChI=1S/C16H19NO4/c18-7-10-20-8-2-6-17-16(19)14-4-1-3-13(11-14)15-5-9-21-12-15/h1,3-5,9,11-12,18H,2,6-8,10H2,(H,17,19). The Morgan fingerprint density at radius 2 is 2.14 bits per heavy atom. The van der Waals surface area contributed by atoms with Gasteiger partial charge < -0.3 is 19.6 Å². The van der Waals surface area contributed by atoms with E-state index in [4.69, 9.17) is 14.3 Å². The zero-order chi connectivity index (χ0) is 14.9. The Balaban J connectivity index is 1.84. The first kappa shape index (κ1) is 15.3. The average molecular weight is 289 g/mol. The van der Waals surface area contributed by atoms with Gasteiger partial charge in [-0.25, -0.2) is 0 Å². The highest BCUT2D eigenvalue weighted by atomic mass is 16.5. The van der Waals surface area contributed by atoms with E-state index in [0.717, 1.165) is 11.1 Å². The fraction of sp³-hybridized carbons (Fsp3) is 0.312. The van der Waals surface area contributed by atoms with Gasteiger partial charge in [-0.15, -0.1) is 0 Å². The first-order valence-corrected chi connectivity index (χ1v) is 6.90. The van der Waals surface area contributed by atoms with Gasteiger partial charge in [0.15, 0.2) is 0 Å². The molecule has 1 aromatic carbocycles. The van der Waals surface area contributed by atoms with Gasteiger partial charge in [0.25, 0.3) is 5.91 Å². The van der Waals surface area contributed by atoms with Crippen LogP contribution in [-0.4, -0.2) is 37.4 Å². The summed E-state index contributed by atoms with van der Waals surface area (Å²) in [6.45, 7) is 1.42. The summed E-state index contributed by atoms with van der Waals surface area (Å²) in [4.78, 5) is 12.0. The Hall–Kier alpha value is -2.11. The van der Waals surface area contributed by atoms with Crippen LogP contribution in [0.25, 0.3) is 11.1 Å². The highest BCUT2D eigenvalue weighted by molar-refractivity contribution is 5.95. The Morgan fingerprint density at radius 3 is 2.90 bits per heavy atom. The van der Waals surface area contributed by atoms with Crippen LogP contribution in [0.2, 0.25) is 0 Å². The zero-order valence-corrected chi connectivity index (χ0v) is 11.7. The van der Waals surface area contributed by atoms with Crippen molar-refractivity contribution in [2.24, 2.45) is 0 Å². The fourth-order valence-electron chi connectivity index (χ4n) is 1.91. The molecule has 2 aromatic rings. The smallest absolute Gasteiger partial charge is 0.251 e. The largest absolute Gasteiger partial charge is 0.472 e. The molecule has 1 heterocycles. The predicted octanol–water partition coefficient (Wildman–Crippen LogP) is 2.08. The number of carbonyl (C=O) groups is 1. The quantitative estimate of drug-likeness (QED) is 0.730. The Labute approximate surface area is 123 Å². The topological polar surface area (TPSA) is 71.7 Å². The molecule has 1 amide bonds. The molecule has 0 aliphatic rings. The van der Waals surface area contributed by atoms with Gasteiger partial charge in [-0.05, 0) is 30.2 Å². The molecule has 21 heavy (non-hydrogen) atoms. The van der Waals surface area contributed by atoms with Crippen LogP contribution in [0.3, 0.4) is 0 Å². The molecule has 112 valence electrons. The summed E-state index contributed by atoms with van der Waals surface area (Å²) in [5.41, 5.74) is 2.51. The van der Waals surface area contributed by atoms with E-state index in [0.29, 0.717) is 31.7 Å². The first-order chi connectivity index (χ1) is 10.3. The number of aliphatic hydroxyl groups excluding tert-OH is 1. The summed E-state index contributed by atoms with van der Waals surface area (Å²) < 4.78 is 10.2. The normalized spacial score (nSPS) is 10.5. The molecule has 0 bridgehead atoms. The minimum Gasteiger partial charge on any atom is -0.472 e. The van der Waals surface area contributed by atoms with Crippen molar-refractivity contribution in [1.82, 2.24) is 5.32 Å². The number of hydrogen-bond acceptors (Lipinski definition) is 4. The maximum absolute atomic E-state index is 12.0. The van der Waals surface area contributed by atoms with Gasteiger partial charge in [-0.2, -0.15) is 0 Å². The maximum atomic E-state index is 12.0. The van der Waals surface area contributed by atoms with Gasteiger partial charge >= 0.3 is 0 Å². The lowest BCUT2D eigenvalue weighted by molar-refractivity contribution is 0.0867. The lowest BCUT2D eigenvalue weighted by Crippen LogP contribution is -2.25. The van der Waals surface area contributed by atoms with Gasteiger partial charge in [-0.3, -0.25) is 4.79 Å². The fourth-order valence-corrected chi connectivity index (χ4v) is 1.91. The van der Waals surface area contributed by atoms with E-state index in [1.54, 1.807) is 18.6 Å². The molecule has 0 radical (unpaired) electrons. The van der Waals surface area contributed by atoms with E-state index in [9.17, 15) is 4.79 Å². The molecular weight excluding hydrogens is 270 g/mol. The van der Waals surface area contributed by atoms with Crippen molar-refractivity contribution in [1.29, 1.82) is 0 Å². The summed E-state index contributed by atoms with van der Waals surface area (Å²) in [5, 5.41) is 11.4. The van der Waals surface area contributed by atoms with Crippen LogP contribution >= 0.6 is 0 Å². The highest BCUT2D eigenvalue weighted by Crippen LogP contribution is 2.20. The van der Waals surface area contributed by atoms with Crippen LogP contribution in [0.4, 0.5) is 0 Å². The van der Waals surface area contributed by atoms with Crippen molar-refractivity contribution in [3.63, 3.8) is 0 Å². The number of nitrogens with one attached hydrogen (secondary N) is 1. The summed E-state index contributed by atoms with van der Waals surface area (Å²) in [5.74, 6) is -0.109. The highest BCUT2D eigenvalue weighted by Gasteiger charge is 2.07. The van der Waals surface area contributed by atoms with Gasteiger partial charge in [0.1, 0.15) is 0 Å². The van der Waals surface area contributed by atoms with E-state index < -0.39 is 0 Å². The molecule has 5 heteroatoms. The third-order valence-electron chi connectivity index (χ3n) is 2.97. The number of furan rings is 1. The number of rotatable bonds is 8. The molecule has 0 atom stereocenters. The summed E-state index contributed by atoms with van der Waals surface area (Å²) in [6, 6.07) is 9.26. The molecule has 0 saturated heterocycles. The second-order valence-electron chi connectivity index (χ2n) is 4.54. The SMILES string of the molecule is O=C(NCCCOCCO)c1cccc(-c2ccoc2)c1. The molecule has 0 aliphatic heterocycles. The lowest BCUT2D eigenvalue weighted by Gasteiger charge is -2.07. The molecule has 0 unspecified atom stereocenters. The number of amides is 1. The molecule has 0 saturated carbocycles. The van der Waals surface area contributed by atoms with Crippen molar-refractivity contribution in [3.8, 4) is 11.1 Å². The predicted molar refractivity (Wildman–Crippen MR) is 79.0 cm³/mol. The van der Waals surface area contributed by atoms with Gasteiger partial charge in [0.05, 0.1) is 25.7 Å². The monoisotopic (exact) mass is 289 g/mol. The third kappa shape index (κ3) is 4.73. The Kier molecular flexibility index (Phi) is 5.99. The molecule has 5 nitrogen and oxygen atoms in total. The average Bonchev–Trinajstić information content (AvgIpc) is 3.05. The molecule has 0 fully saturated rings. The van der Waals surface area contributed by atoms with E-state index >= 15 is 0 Å². The third-order valence-corrected chi connectivity index (χ3v) is 2.97. The van der Waals surface area contributed by atoms with Crippen LogP contribution in [0.15, 0.2) is 47.3 Å². The summed E-state index contributed by atoms with van der Waals surface area (Å²) >= 11 is 0. The van der Waals surface area contributed by atoms with E-state index in [2.05, 4.69) is 5.32 Å². The molecular formula is C16H19NO4. The lowest BCUT2D eigenvalue weighted by atomic mass is 10.1. The second-order valence-corrected chi connectivity index (χ2v) is 4.54. The van der Waals surface area contributed by atoms with Crippen LogP contribution in [0.1, 0.15) is 16.8 Å². The number of ether oxygens (including phenoxy) is 1. The van der Waals surface area contributed by atoms with E-state index in [1.165, 1.54) is 0 Å². The minimum atomic E-state index is -0.109. The number of carbonyl (C=O) groups excluding carboxylic acids is 1. The van der Waals surface area contributed by atoms with E-state index in [1.807, 2.05) is 24.3 Å². The van der Waals surface area contributed by atoms with Crippen molar-refractivity contribution >= 4 is 5.91 Å². The van der Waals surface area contributed by atoms with Crippen LogP contribution < -0.4 is 5.32 Å². The van der Waals surface area contributed by atoms with Gasteiger partial charge in [-0.1, -0.05) is 12.1 Å². The Morgan fingerprint density at radius 1 is 1.24 bits per heavy atom. The molecule has 2 rings (SSSR count). The maximum Gasteiger partial charge on any atom is 0.251 e. The van der Waals surface area contributed by atoms with Crippen molar-refractivity contribution in [3.05, 3.63) is 48.4 Å². The zero-order valence-electron chi connectivity index (χ0n) is 11.7. The molecule has 0 spiro atoms. The number of aliphatic hydroxyl groups is 1. The first-order valence-electron chi connectivity index (χ1n) is 6.90. The van der Waals surface area contributed by atoms with Crippen molar-refractivity contribution in [2.75, 3.05) is 26.4 Å². The van der Waals surface area contributed by atoms with Gasteiger partial charge in [0.2, 0.25) is 0 Å². The minimum absolute atomic E-state index is 0.0210. The molecule has 1 aromatic heterocycles. The molecule has 0 aliphatic carbocycles. The van der Waals surface area contributed by atoms with Crippen LogP contribution in [-0.2, 0) is 4.74 Å². The van der Waals surface area contributed by atoms with Crippen molar-refractivity contribution < 1.29 is 19.1 Å². The summed E-state index contributed by atoms with van der Waals surface area (Å²) in [7, 11) is 0. The van der Waals surface area contributed by atoms with Crippen molar-refractivity contribution in [2.45, 2.75) is 6.42 Å².